The Morgan fingerprint density at radius 3 is 2.63 bits per heavy atom. The van der Waals surface area contributed by atoms with Gasteiger partial charge in [-0.05, 0) is 39.0 Å². The zero-order valence-corrected chi connectivity index (χ0v) is 15.4. The van der Waals surface area contributed by atoms with E-state index in [1.165, 1.54) is 6.07 Å². The molecule has 0 bridgehead atoms. The van der Waals surface area contributed by atoms with Gasteiger partial charge in [0.05, 0.1) is 28.8 Å². The molecule has 0 saturated carbocycles. The largest absolute Gasteiger partial charge is 0.459 e. The molecule has 1 aliphatic rings. The smallest absolute Gasteiger partial charge is 0.338 e. The van der Waals surface area contributed by atoms with Crippen molar-refractivity contribution in [1.29, 1.82) is 0 Å². The molecule has 5 nitrogen and oxygen atoms in total. The van der Waals surface area contributed by atoms with Crippen LogP contribution in [-0.4, -0.2) is 21.6 Å². The number of carbonyl (C=O) groups excluding carboxylic acids is 1. The van der Waals surface area contributed by atoms with E-state index < -0.39 is 12.0 Å². The molecule has 27 heavy (non-hydrogen) atoms. The lowest BCUT2D eigenvalue weighted by Crippen LogP contribution is -2.30. The third-order valence-electron chi connectivity index (χ3n) is 4.59. The molecule has 0 spiro atoms. The third-order valence-corrected chi connectivity index (χ3v) is 4.59. The summed E-state index contributed by atoms with van der Waals surface area (Å²) in [7, 11) is 0. The van der Waals surface area contributed by atoms with Crippen LogP contribution < -0.4 is 5.32 Å². The van der Waals surface area contributed by atoms with Crippen molar-refractivity contribution in [2.45, 2.75) is 32.9 Å². The minimum absolute atomic E-state index is 0.278. The molecule has 2 heterocycles. The molecule has 0 amide bonds. The molecule has 2 aromatic carbocycles. The van der Waals surface area contributed by atoms with Gasteiger partial charge in [0.2, 0.25) is 5.95 Å². The van der Waals surface area contributed by atoms with Gasteiger partial charge in [-0.2, -0.15) is 0 Å². The Hall–Kier alpha value is -3.15. The van der Waals surface area contributed by atoms with Crippen LogP contribution in [0.5, 0.6) is 0 Å². The van der Waals surface area contributed by atoms with Gasteiger partial charge in [-0.3, -0.25) is 4.57 Å². The van der Waals surface area contributed by atoms with Gasteiger partial charge in [-0.1, -0.05) is 30.3 Å². The van der Waals surface area contributed by atoms with E-state index in [1.54, 1.807) is 39.0 Å². The summed E-state index contributed by atoms with van der Waals surface area (Å²) < 4.78 is 22.1. The standard InChI is InChI=1S/C21H20FN3O2/c1-12(2)27-20(26)18-13(3)23-21-24-16-10-6-7-11-17(16)25(21)19(18)14-8-4-5-9-15(14)22/h4-12,19H,1-3H3,(H,23,24). The highest BCUT2D eigenvalue weighted by molar-refractivity contribution is 5.94. The average Bonchev–Trinajstić information content (AvgIpc) is 2.98. The first-order valence-electron chi connectivity index (χ1n) is 8.87. The fourth-order valence-electron chi connectivity index (χ4n) is 3.50. The van der Waals surface area contributed by atoms with Crippen molar-refractivity contribution in [3.63, 3.8) is 0 Å². The van der Waals surface area contributed by atoms with Crippen molar-refractivity contribution in [1.82, 2.24) is 9.55 Å². The van der Waals surface area contributed by atoms with Gasteiger partial charge in [0.1, 0.15) is 5.82 Å². The van der Waals surface area contributed by atoms with E-state index in [0.29, 0.717) is 22.8 Å². The second-order valence-corrected chi connectivity index (χ2v) is 6.84. The summed E-state index contributed by atoms with van der Waals surface area (Å²) in [6, 6.07) is 13.4. The van der Waals surface area contributed by atoms with Crippen LogP contribution in [0.2, 0.25) is 0 Å². The number of imidazole rings is 1. The molecular weight excluding hydrogens is 345 g/mol. The van der Waals surface area contributed by atoms with Gasteiger partial charge in [0.15, 0.2) is 0 Å². The molecule has 138 valence electrons. The third kappa shape index (κ3) is 2.87. The SMILES string of the molecule is CC1=C(C(=O)OC(C)C)C(c2ccccc2F)n2c(nc3ccccc32)N1. The number of fused-ring (bicyclic) bond motifs is 3. The fourth-order valence-corrected chi connectivity index (χ4v) is 3.50. The number of carbonyl (C=O) groups is 1. The van der Waals surface area contributed by atoms with Crippen LogP contribution in [0.4, 0.5) is 10.3 Å². The Labute approximate surface area is 156 Å². The van der Waals surface area contributed by atoms with E-state index in [2.05, 4.69) is 10.3 Å². The van der Waals surface area contributed by atoms with Gasteiger partial charge >= 0.3 is 5.97 Å². The van der Waals surface area contributed by atoms with Crippen molar-refractivity contribution in [2.24, 2.45) is 0 Å². The van der Waals surface area contributed by atoms with Gasteiger partial charge < -0.3 is 10.1 Å². The summed E-state index contributed by atoms with van der Waals surface area (Å²) in [4.78, 5) is 17.5. The first kappa shape index (κ1) is 17.3. The number of nitrogens with zero attached hydrogens (tertiary/aromatic N) is 2. The van der Waals surface area contributed by atoms with Crippen molar-refractivity contribution in [2.75, 3.05) is 5.32 Å². The number of aromatic nitrogens is 2. The van der Waals surface area contributed by atoms with Gasteiger partial charge in [-0.25, -0.2) is 14.2 Å². The summed E-state index contributed by atoms with van der Waals surface area (Å²) in [5.41, 5.74) is 2.97. The molecule has 0 saturated heterocycles. The van der Waals surface area contributed by atoms with E-state index in [-0.39, 0.29) is 11.9 Å². The summed E-state index contributed by atoms with van der Waals surface area (Å²) >= 11 is 0. The predicted octanol–water partition coefficient (Wildman–Crippen LogP) is 4.42. The zero-order chi connectivity index (χ0) is 19.1. The fraction of sp³-hybridized carbons (Fsp3) is 0.238. The first-order chi connectivity index (χ1) is 13.0. The molecule has 4 rings (SSSR count). The molecule has 0 fully saturated rings. The monoisotopic (exact) mass is 365 g/mol. The Kier molecular flexibility index (Phi) is 4.18. The van der Waals surface area contributed by atoms with Crippen LogP contribution in [0.1, 0.15) is 32.4 Å². The number of halogens is 1. The van der Waals surface area contributed by atoms with Crippen LogP contribution >= 0.6 is 0 Å². The van der Waals surface area contributed by atoms with E-state index in [0.717, 1.165) is 11.0 Å². The molecule has 1 aromatic heterocycles. The minimum Gasteiger partial charge on any atom is -0.459 e. The number of allylic oxidation sites excluding steroid dienone is 1. The van der Waals surface area contributed by atoms with Gasteiger partial charge in [-0.15, -0.1) is 0 Å². The minimum atomic E-state index is -0.666. The Bertz CT molecular complexity index is 1070. The Balaban J connectivity index is 1.99. The second-order valence-electron chi connectivity index (χ2n) is 6.84. The molecular formula is C21H20FN3O2. The normalized spacial score (nSPS) is 16.4. The lowest BCUT2D eigenvalue weighted by molar-refractivity contribution is -0.143. The molecule has 1 aliphatic heterocycles. The van der Waals surface area contributed by atoms with E-state index in [1.807, 2.05) is 28.8 Å². The average molecular weight is 365 g/mol. The summed E-state index contributed by atoms with van der Waals surface area (Å²) in [5.74, 6) is -0.273. The number of para-hydroxylation sites is 2. The molecule has 6 heteroatoms. The van der Waals surface area contributed by atoms with Gasteiger partial charge in [0.25, 0.3) is 0 Å². The number of hydrogen-bond acceptors (Lipinski definition) is 4. The van der Waals surface area contributed by atoms with Crippen LogP contribution in [0.3, 0.4) is 0 Å². The van der Waals surface area contributed by atoms with E-state index >= 15 is 0 Å². The van der Waals surface area contributed by atoms with Crippen LogP contribution in [0.25, 0.3) is 11.0 Å². The molecule has 0 radical (unpaired) electrons. The maximum absolute atomic E-state index is 14.8. The zero-order valence-electron chi connectivity index (χ0n) is 15.4. The highest BCUT2D eigenvalue weighted by atomic mass is 19.1. The summed E-state index contributed by atoms with van der Waals surface area (Å²) in [6.45, 7) is 5.37. The van der Waals surface area contributed by atoms with Gasteiger partial charge in [0, 0.05) is 11.3 Å². The number of hydrogen-bond donors (Lipinski definition) is 1. The first-order valence-corrected chi connectivity index (χ1v) is 8.87. The van der Waals surface area contributed by atoms with Crippen molar-refractivity contribution < 1.29 is 13.9 Å². The topological polar surface area (TPSA) is 56.2 Å². The summed E-state index contributed by atoms with van der Waals surface area (Å²) in [6.07, 6.45) is -0.278. The molecule has 0 aliphatic carbocycles. The van der Waals surface area contributed by atoms with Crippen LogP contribution in [0.15, 0.2) is 59.8 Å². The molecule has 1 N–H and O–H groups in total. The number of rotatable bonds is 3. The van der Waals surface area contributed by atoms with E-state index in [4.69, 9.17) is 4.74 Å². The number of ether oxygens (including phenoxy) is 1. The quantitative estimate of drug-likeness (QED) is 0.698. The van der Waals surface area contributed by atoms with E-state index in [9.17, 15) is 9.18 Å². The Morgan fingerprint density at radius 2 is 1.89 bits per heavy atom. The highest BCUT2D eigenvalue weighted by Crippen LogP contribution is 2.40. The summed E-state index contributed by atoms with van der Waals surface area (Å²) in [5, 5.41) is 3.18. The molecule has 1 unspecified atom stereocenters. The maximum atomic E-state index is 14.8. The molecule has 1 atom stereocenters. The Morgan fingerprint density at radius 1 is 1.19 bits per heavy atom. The number of benzene rings is 2. The second kappa shape index (κ2) is 6.54. The lowest BCUT2D eigenvalue weighted by Gasteiger charge is -2.30. The number of esters is 1. The number of anilines is 1. The number of nitrogens with one attached hydrogen (secondary N) is 1. The predicted molar refractivity (Wildman–Crippen MR) is 102 cm³/mol. The maximum Gasteiger partial charge on any atom is 0.338 e. The highest BCUT2D eigenvalue weighted by Gasteiger charge is 2.36. The van der Waals surface area contributed by atoms with Crippen molar-refractivity contribution in [3.05, 3.63) is 71.2 Å². The molecule has 3 aromatic rings. The van der Waals surface area contributed by atoms with Crippen LogP contribution in [0, 0.1) is 5.82 Å². The lowest BCUT2D eigenvalue weighted by atomic mass is 9.94. The van der Waals surface area contributed by atoms with Crippen molar-refractivity contribution >= 4 is 23.0 Å². The van der Waals surface area contributed by atoms with Crippen LogP contribution in [-0.2, 0) is 9.53 Å². The van der Waals surface area contributed by atoms with Crippen molar-refractivity contribution in [3.8, 4) is 0 Å².